The van der Waals surface area contributed by atoms with Crippen LogP contribution in [0.1, 0.15) is 1.43 Å². The number of hydrogen-bond donors (Lipinski definition) is 1. The molecule has 0 aromatic carbocycles. The van der Waals surface area contributed by atoms with E-state index in [9.17, 15) is 0 Å². The number of H-pyrrole nitrogens is 1. The van der Waals surface area contributed by atoms with Gasteiger partial charge in [-0.15, -0.1) is 37.2 Å². The summed E-state index contributed by atoms with van der Waals surface area (Å²) in [5, 5.41) is 0. The number of aromatic nitrogens is 2. The summed E-state index contributed by atoms with van der Waals surface area (Å²) in [6, 6.07) is 0. The fourth-order valence-corrected chi connectivity index (χ4v) is 0.215. The molecule has 58 valence electrons. The second-order valence-electron chi connectivity index (χ2n) is 0.761. The van der Waals surface area contributed by atoms with Crippen molar-refractivity contribution in [2.45, 2.75) is 0 Å². The second kappa shape index (κ2) is 22.4. The molecule has 10 heavy (non-hydrogen) atoms. The molecule has 1 aromatic heterocycles. The summed E-state index contributed by atoms with van der Waals surface area (Å²) < 4.78 is 0. The van der Waals surface area contributed by atoms with E-state index in [1.54, 1.807) is 18.7 Å². The average molecular weight is 231 g/mol. The van der Waals surface area contributed by atoms with E-state index < -0.39 is 0 Å². The van der Waals surface area contributed by atoms with Gasteiger partial charge in [0.15, 0.2) is 17.4 Å². The van der Waals surface area contributed by atoms with Gasteiger partial charge in [0.05, 0.1) is 6.33 Å². The maximum absolute atomic E-state index is 3.67. The van der Waals surface area contributed by atoms with Gasteiger partial charge in [-0.2, -0.15) is 0 Å². The van der Waals surface area contributed by atoms with E-state index >= 15 is 0 Å². The van der Waals surface area contributed by atoms with Gasteiger partial charge in [-0.05, 0) is 0 Å². The van der Waals surface area contributed by atoms with Gasteiger partial charge in [-0.1, -0.05) is 0 Å². The Kier molecular flexibility index (Phi) is 67.1. The van der Waals surface area contributed by atoms with Crippen LogP contribution in [-0.2, 0) is 0 Å². The molecule has 2 nitrogen and oxygen atoms in total. The first kappa shape index (κ1) is 29.9. The summed E-state index contributed by atoms with van der Waals surface area (Å²) in [5.41, 5.74) is 0. The van der Waals surface area contributed by atoms with Crippen molar-refractivity contribution < 1.29 is 31.0 Å². The largest absolute Gasteiger partial charge is 1.00 e. The topological polar surface area (TPSA) is 28.7 Å². The minimum atomic E-state index is 0. The number of nitrogens with one attached hydrogen (secondary N) is 1. The first-order chi connectivity index (χ1) is 2.50. The standard InChI is InChI=1S/C3H4N2.Al.3ClH.Na.4H/c1-2-5-3-4-1;;;;;;;;;/h1-3H,(H,4,5);;3*1H;;;;;/q;;;;;+1;;;;-1. The van der Waals surface area contributed by atoms with Crippen LogP contribution in [0.5, 0.6) is 0 Å². The maximum Gasteiger partial charge on any atom is 1.00 e. The van der Waals surface area contributed by atoms with Crippen LogP contribution in [0.25, 0.3) is 0 Å². The molecule has 0 unspecified atom stereocenters. The van der Waals surface area contributed by atoms with E-state index in [-0.39, 0.29) is 85.6 Å². The Hall–Kier alpha value is 1.61. The molecule has 0 aliphatic heterocycles. The van der Waals surface area contributed by atoms with E-state index in [1.165, 1.54) is 0 Å². The molecule has 0 radical (unpaired) electrons. The number of hydrogen-bond acceptors (Lipinski definition) is 1. The molecule has 0 atom stereocenters. The minimum absolute atomic E-state index is 0. The predicted octanol–water partition coefficient (Wildman–Crippen LogP) is -2.39. The van der Waals surface area contributed by atoms with Crippen LogP contribution in [0.3, 0.4) is 0 Å². The van der Waals surface area contributed by atoms with Gasteiger partial charge in [0, 0.05) is 12.4 Å². The van der Waals surface area contributed by atoms with Gasteiger partial charge >= 0.3 is 29.6 Å². The first-order valence-electron chi connectivity index (χ1n) is 1.43. The summed E-state index contributed by atoms with van der Waals surface area (Å²) in [4.78, 5) is 6.42. The molecule has 1 rings (SSSR count). The third-order valence-corrected chi connectivity index (χ3v) is 0.406. The molecule has 0 bridgehead atoms. The van der Waals surface area contributed by atoms with Crippen molar-refractivity contribution in [2.24, 2.45) is 0 Å². The third kappa shape index (κ3) is 16.3. The quantitative estimate of drug-likeness (QED) is 0.496. The molecule has 7 heteroatoms. The van der Waals surface area contributed by atoms with Gasteiger partial charge in [-0.3, -0.25) is 0 Å². The summed E-state index contributed by atoms with van der Waals surface area (Å²) in [6.45, 7) is 0. The molecule has 1 aromatic rings. The normalized spacial score (nSPS) is 4.00. The number of aromatic amines is 1. The summed E-state index contributed by atoms with van der Waals surface area (Å²) in [6.07, 6.45) is 5.08. The minimum Gasteiger partial charge on any atom is -1.00 e. The molecule has 0 saturated heterocycles. The Morgan fingerprint density at radius 1 is 1.20 bits per heavy atom. The second-order valence-corrected chi connectivity index (χ2v) is 0.761. The van der Waals surface area contributed by atoms with Crippen LogP contribution in [0.4, 0.5) is 0 Å². The van der Waals surface area contributed by atoms with Gasteiger partial charge < -0.3 is 6.41 Å². The van der Waals surface area contributed by atoms with Crippen LogP contribution in [-0.4, -0.2) is 27.3 Å². The Balaban J connectivity index is -0.0000000104. The molecule has 1 N–H and O–H groups in total. The molecular weight excluding hydrogens is 220 g/mol. The van der Waals surface area contributed by atoms with Crippen LogP contribution in [0.2, 0.25) is 0 Å². The summed E-state index contributed by atoms with van der Waals surface area (Å²) in [7, 11) is 0. The van der Waals surface area contributed by atoms with Crippen molar-refractivity contribution in [3.8, 4) is 0 Å². The summed E-state index contributed by atoms with van der Waals surface area (Å²) >= 11 is 0. The van der Waals surface area contributed by atoms with Gasteiger partial charge in [0.1, 0.15) is 0 Å². The molecule has 0 aliphatic rings. The Morgan fingerprint density at radius 3 is 1.80 bits per heavy atom. The molecular formula is C3H11AlCl3N2Na. The zero-order valence-corrected chi connectivity index (χ0v) is 9.35. The van der Waals surface area contributed by atoms with Crippen molar-refractivity contribution in [1.29, 1.82) is 0 Å². The SMILES string of the molecule is Cl.Cl.Cl.[AlH3].[H-].[Na+].c1c[nH]cn1. The third-order valence-electron chi connectivity index (χ3n) is 0.406. The zero-order chi connectivity index (χ0) is 3.54. The predicted molar refractivity (Wildman–Crippen MR) is 51.4 cm³/mol. The fourth-order valence-electron chi connectivity index (χ4n) is 0.215. The maximum atomic E-state index is 3.67. The van der Waals surface area contributed by atoms with Crippen molar-refractivity contribution in [2.75, 3.05) is 0 Å². The molecule has 1 heterocycles. The van der Waals surface area contributed by atoms with Gasteiger partial charge in [-0.25, -0.2) is 4.98 Å². The molecule has 0 amide bonds. The van der Waals surface area contributed by atoms with E-state index in [2.05, 4.69) is 9.97 Å². The van der Waals surface area contributed by atoms with Gasteiger partial charge in [0.25, 0.3) is 0 Å². The van der Waals surface area contributed by atoms with E-state index in [4.69, 9.17) is 0 Å². The fraction of sp³-hybridized carbons (Fsp3) is 0. The first-order valence-corrected chi connectivity index (χ1v) is 1.43. The zero-order valence-electron chi connectivity index (χ0n) is 5.90. The number of rotatable bonds is 0. The van der Waals surface area contributed by atoms with Crippen LogP contribution in [0.15, 0.2) is 18.7 Å². The Morgan fingerprint density at radius 2 is 1.70 bits per heavy atom. The Bertz CT molecular complexity index is 83.1. The number of imidazole rings is 1. The molecule has 0 spiro atoms. The van der Waals surface area contributed by atoms with Crippen LogP contribution < -0.4 is 29.6 Å². The van der Waals surface area contributed by atoms with E-state index in [0.29, 0.717) is 0 Å². The van der Waals surface area contributed by atoms with E-state index in [0.717, 1.165) is 0 Å². The van der Waals surface area contributed by atoms with E-state index in [1.807, 2.05) is 0 Å². The summed E-state index contributed by atoms with van der Waals surface area (Å²) in [5.74, 6) is 0. The van der Waals surface area contributed by atoms with Crippen molar-refractivity contribution in [3.05, 3.63) is 18.7 Å². The molecule has 0 fully saturated rings. The number of nitrogens with zero attached hydrogens (tertiary/aromatic N) is 1. The molecule has 0 aliphatic carbocycles. The average Bonchev–Trinajstić information content (AvgIpc) is 1.76. The van der Waals surface area contributed by atoms with Crippen molar-refractivity contribution in [3.63, 3.8) is 0 Å². The van der Waals surface area contributed by atoms with Crippen molar-refractivity contribution >= 4 is 54.6 Å². The van der Waals surface area contributed by atoms with Crippen LogP contribution in [0, 0.1) is 0 Å². The molecule has 0 saturated carbocycles. The van der Waals surface area contributed by atoms with Gasteiger partial charge in [0.2, 0.25) is 0 Å². The Labute approximate surface area is 113 Å². The smallest absolute Gasteiger partial charge is 1.00 e. The van der Waals surface area contributed by atoms with Crippen molar-refractivity contribution in [1.82, 2.24) is 9.97 Å². The van der Waals surface area contributed by atoms with Crippen LogP contribution >= 0.6 is 37.2 Å². The number of halogens is 3. The monoisotopic (exact) mass is 230 g/mol.